The lowest BCUT2D eigenvalue weighted by Crippen LogP contribution is -2.56. The van der Waals surface area contributed by atoms with Gasteiger partial charge in [-0.1, -0.05) is 81.0 Å². The molecule has 0 aliphatic carbocycles. The number of alkyl carbamates (subject to hydrolysis) is 1. The summed E-state index contributed by atoms with van der Waals surface area (Å²) in [5.41, 5.74) is 0.350. The maximum Gasteiger partial charge on any atom is 0.408 e. The lowest BCUT2D eigenvalue weighted by Gasteiger charge is -2.35. The van der Waals surface area contributed by atoms with Gasteiger partial charge >= 0.3 is 12.1 Å². The zero-order valence-electron chi connectivity index (χ0n) is 28.3. The van der Waals surface area contributed by atoms with Crippen LogP contribution in [0.4, 0.5) is 4.79 Å². The molecule has 0 saturated carbocycles. The van der Waals surface area contributed by atoms with E-state index in [-0.39, 0.29) is 13.0 Å². The lowest BCUT2D eigenvalue weighted by atomic mass is 9.98. The maximum atomic E-state index is 14.4. The molecule has 2 rings (SSSR count). The predicted molar refractivity (Wildman–Crippen MR) is 179 cm³/mol. The van der Waals surface area contributed by atoms with Gasteiger partial charge in [-0.2, -0.15) is 0 Å². The minimum absolute atomic E-state index is 0.144. The van der Waals surface area contributed by atoms with Crippen LogP contribution < -0.4 is 10.6 Å². The summed E-state index contributed by atoms with van der Waals surface area (Å²) in [6, 6.07) is 12.6. The van der Waals surface area contributed by atoms with Gasteiger partial charge < -0.3 is 30.1 Å². The topological polar surface area (TPSA) is 134 Å². The summed E-state index contributed by atoms with van der Waals surface area (Å²) in [4.78, 5) is 56.0. The van der Waals surface area contributed by atoms with Crippen LogP contribution in [-0.4, -0.2) is 70.3 Å². The summed E-state index contributed by atoms with van der Waals surface area (Å²) < 4.78 is 11.0. The minimum Gasteiger partial charge on any atom is -0.458 e. The fraction of sp³-hybridized carbons (Fsp3) is 0.500. The Balaban J connectivity index is 2.60. The number of rotatable bonds is 15. The molecule has 2 aromatic carbocycles. The average Bonchev–Trinajstić information content (AvgIpc) is 2.97. The number of amides is 3. The second kappa shape index (κ2) is 17.5. The molecule has 0 heterocycles. The number of carbonyl (C=O) groups is 4. The summed E-state index contributed by atoms with van der Waals surface area (Å²) in [7, 11) is 0. The van der Waals surface area contributed by atoms with Crippen molar-refractivity contribution in [2.45, 2.75) is 103 Å². The third-order valence-corrected chi connectivity index (χ3v) is 6.77. The Hall–Kier alpha value is -4.18. The van der Waals surface area contributed by atoms with Gasteiger partial charge in [0.1, 0.15) is 29.3 Å². The Kier molecular flexibility index (Phi) is 14.5. The molecule has 3 unspecified atom stereocenters. The van der Waals surface area contributed by atoms with Crippen molar-refractivity contribution in [2.75, 3.05) is 13.2 Å². The summed E-state index contributed by atoms with van der Waals surface area (Å²) in [6.45, 7) is 15.6. The molecule has 0 saturated heterocycles. The fourth-order valence-corrected chi connectivity index (χ4v) is 4.73. The van der Waals surface area contributed by atoms with Crippen LogP contribution in [0.15, 0.2) is 61.2 Å². The van der Waals surface area contributed by atoms with Crippen molar-refractivity contribution in [3.63, 3.8) is 0 Å². The second-order valence-electron chi connectivity index (χ2n) is 13.2. The molecule has 10 nitrogen and oxygen atoms in total. The summed E-state index contributed by atoms with van der Waals surface area (Å²) in [6.07, 6.45) is 3.07. The first kappa shape index (κ1) is 38.0. The van der Waals surface area contributed by atoms with E-state index in [0.29, 0.717) is 12.0 Å². The molecule has 46 heavy (non-hydrogen) atoms. The zero-order valence-corrected chi connectivity index (χ0v) is 28.3. The van der Waals surface area contributed by atoms with Crippen molar-refractivity contribution in [3.05, 3.63) is 77.9 Å². The lowest BCUT2D eigenvalue weighted by molar-refractivity contribution is -0.159. The second-order valence-corrected chi connectivity index (χ2v) is 13.2. The van der Waals surface area contributed by atoms with E-state index in [1.54, 1.807) is 65.8 Å². The normalized spacial score (nSPS) is 13.5. The van der Waals surface area contributed by atoms with Gasteiger partial charge in [0.25, 0.3) is 0 Å². The molecule has 10 heteroatoms. The first-order valence-corrected chi connectivity index (χ1v) is 15.8. The van der Waals surface area contributed by atoms with Crippen molar-refractivity contribution < 1.29 is 33.8 Å². The quantitative estimate of drug-likeness (QED) is 0.177. The van der Waals surface area contributed by atoms with Crippen molar-refractivity contribution >= 4 is 30.0 Å². The number of aliphatic hydroxyl groups is 1. The van der Waals surface area contributed by atoms with Gasteiger partial charge in [0.05, 0.1) is 6.61 Å². The average molecular weight is 638 g/mol. The van der Waals surface area contributed by atoms with Crippen LogP contribution in [0.3, 0.4) is 0 Å². The number of aliphatic hydroxyl groups excluding tert-OH is 1. The molecule has 0 spiro atoms. The van der Waals surface area contributed by atoms with Crippen molar-refractivity contribution in [3.8, 4) is 0 Å². The molecular formula is C36H51N3O7. The van der Waals surface area contributed by atoms with Gasteiger partial charge in [-0.15, -0.1) is 0 Å². The van der Waals surface area contributed by atoms with Gasteiger partial charge in [-0.3, -0.25) is 9.59 Å². The highest BCUT2D eigenvalue weighted by molar-refractivity contribution is 5.94. The molecule has 0 fully saturated rings. The number of nitrogens with one attached hydrogen (secondary N) is 2. The molecule has 0 radical (unpaired) electrons. The third kappa shape index (κ3) is 12.7. The summed E-state index contributed by atoms with van der Waals surface area (Å²) in [5.74, 6) is -1.91. The van der Waals surface area contributed by atoms with Crippen LogP contribution in [0.2, 0.25) is 0 Å². The third-order valence-electron chi connectivity index (χ3n) is 6.77. The Morgan fingerprint density at radius 3 is 2.11 bits per heavy atom. The standard InChI is InChI=1S/C36H51N3O7/c1-9-11-15-21-39(32(42)29(24-40)38-34(44)46-36(6,7)8)30(27-20-16-19-25(10-2)22-27)31(41)37-28(33(43)45-35(3,4)5)23-26-17-13-12-14-18-26/h10,12-14,16-20,22,28-30,40H,2,9,11,15,21,23-24H2,1,3-8H3,(H,37,41)(H,38,44). The van der Waals surface area contributed by atoms with Crippen molar-refractivity contribution in [1.29, 1.82) is 0 Å². The number of unbranched alkanes of at least 4 members (excludes halogenated alkanes) is 2. The zero-order chi connectivity index (χ0) is 34.5. The Labute approximate surface area is 273 Å². The molecule has 3 amide bonds. The van der Waals surface area contributed by atoms with E-state index in [2.05, 4.69) is 17.2 Å². The molecule has 3 atom stereocenters. The van der Waals surface area contributed by atoms with Gasteiger partial charge in [0.2, 0.25) is 11.8 Å². The Morgan fingerprint density at radius 2 is 1.54 bits per heavy atom. The SMILES string of the molecule is C=Cc1cccc(C(C(=O)NC(Cc2ccccc2)C(=O)OC(C)(C)C)N(CCCCC)C(=O)C(CO)NC(=O)OC(C)(C)C)c1. The first-order valence-electron chi connectivity index (χ1n) is 15.8. The highest BCUT2D eigenvalue weighted by Gasteiger charge is 2.38. The Bertz CT molecular complexity index is 1310. The maximum absolute atomic E-state index is 14.4. The van der Waals surface area contributed by atoms with E-state index in [1.807, 2.05) is 43.3 Å². The summed E-state index contributed by atoms with van der Waals surface area (Å²) >= 11 is 0. The smallest absolute Gasteiger partial charge is 0.408 e. The Morgan fingerprint density at radius 1 is 0.891 bits per heavy atom. The van der Waals surface area contributed by atoms with E-state index < -0.39 is 59.8 Å². The first-order chi connectivity index (χ1) is 21.6. The van der Waals surface area contributed by atoms with Crippen molar-refractivity contribution in [2.24, 2.45) is 0 Å². The minimum atomic E-state index is -1.39. The van der Waals surface area contributed by atoms with E-state index in [9.17, 15) is 24.3 Å². The number of ether oxygens (including phenoxy) is 2. The van der Waals surface area contributed by atoms with Gasteiger partial charge in [-0.05, 0) is 70.7 Å². The van der Waals surface area contributed by atoms with Crippen LogP contribution in [0, 0.1) is 0 Å². The van der Waals surface area contributed by atoms with Crippen LogP contribution in [0.25, 0.3) is 6.08 Å². The number of benzene rings is 2. The van der Waals surface area contributed by atoms with Crippen LogP contribution in [0.5, 0.6) is 0 Å². The largest absolute Gasteiger partial charge is 0.458 e. The molecule has 252 valence electrons. The van der Waals surface area contributed by atoms with Gasteiger partial charge in [0, 0.05) is 13.0 Å². The van der Waals surface area contributed by atoms with Crippen LogP contribution >= 0.6 is 0 Å². The molecule has 0 aromatic heterocycles. The van der Waals surface area contributed by atoms with Gasteiger partial charge in [-0.25, -0.2) is 9.59 Å². The molecule has 0 bridgehead atoms. The molecular weight excluding hydrogens is 586 g/mol. The number of hydrogen-bond acceptors (Lipinski definition) is 7. The van der Waals surface area contributed by atoms with Gasteiger partial charge in [0.15, 0.2) is 0 Å². The molecule has 3 N–H and O–H groups in total. The van der Waals surface area contributed by atoms with E-state index in [4.69, 9.17) is 9.47 Å². The monoisotopic (exact) mass is 637 g/mol. The van der Waals surface area contributed by atoms with Crippen LogP contribution in [-0.2, 0) is 30.3 Å². The number of carbonyl (C=O) groups excluding carboxylic acids is 4. The highest BCUT2D eigenvalue weighted by Crippen LogP contribution is 2.26. The highest BCUT2D eigenvalue weighted by atomic mass is 16.6. The predicted octanol–water partition coefficient (Wildman–Crippen LogP) is 5.34. The number of esters is 1. The van der Waals surface area contributed by atoms with Crippen LogP contribution in [0.1, 0.15) is 90.5 Å². The molecule has 0 aliphatic heterocycles. The number of nitrogens with zero attached hydrogens (tertiary/aromatic N) is 1. The fourth-order valence-electron chi connectivity index (χ4n) is 4.73. The van der Waals surface area contributed by atoms with E-state index >= 15 is 0 Å². The van der Waals surface area contributed by atoms with E-state index in [0.717, 1.165) is 24.0 Å². The molecule has 2 aromatic rings. The van der Waals surface area contributed by atoms with Crippen molar-refractivity contribution in [1.82, 2.24) is 15.5 Å². The number of hydrogen-bond donors (Lipinski definition) is 3. The summed E-state index contributed by atoms with van der Waals surface area (Å²) in [5, 5.41) is 15.6. The molecule has 0 aliphatic rings. The van der Waals surface area contributed by atoms with E-state index in [1.165, 1.54) is 4.90 Å².